The first kappa shape index (κ1) is 10.1. The Labute approximate surface area is 98.8 Å². The molecule has 2 aliphatic heterocycles. The van der Waals surface area contributed by atoms with Crippen LogP contribution in [0.4, 0.5) is 16.2 Å². The number of carbonyl (C=O) groups is 1. The number of carboxylic acid groups (broad SMARTS) is 1. The lowest BCUT2D eigenvalue weighted by Crippen LogP contribution is -2.45. The molecule has 0 saturated carbocycles. The summed E-state index contributed by atoms with van der Waals surface area (Å²) in [5.41, 5.74) is 1.56. The lowest BCUT2D eigenvalue weighted by molar-refractivity contribution is 0.155. The molecule has 5 nitrogen and oxygen atoms in total. The molecule has 1 aromatic carbocycles. The summed E-state index contributed by atoms with van der Waals surface area (Å²) in [5, 5.41) is 12.4. The molecule has 1 unspecified atom stereocenters. The molecule has 1 aromatic rings. The average molecular weight is 231 g/mol. The number of hydrogen-bond acceptors (Lipinski definition) is 3. The van der Waals surface area contributed by atoms with Gasteiger partial charge in [-0.05, 0) is 18.6 Å². The van der Waals surface area contributed by atoms with Gasteiger partial charge in [0.2, 0.25) is 0 Å². The predicted molar refractivity (Wildman–Crippen MR) is 65.2 cm³/mol. The standard InChI is InChI=1S/C12H13N3O2/c16-11(17)15-6-5-12(8-15)7-13-9-3-1-2-4-10(9)14-12/h1-4,7,14H,5-6,8H2,(H,16,17). The Balaban J connectivity index is 1.88. The minimum absolute atomic E-state index is 0.327. The molecule has 1 spiro atoms. The van der Waals surface area contributed by atoms with Crippen LogP contribution in [0.1, 0.15) is 6.42 Å². The Kier molecular flexibility index (Phi) is 2.07. The summed E-state index contributed by atoms with van der Waals surface area (Å²) in [5.74, 6) is 0. The molecule has 0 aromatic heterocycles. The summed E-state index contributed by atoms with van der Waals surface area (Å²) < 4.78 is 0. The minimum atomic E-state index is -0.865. The average Bonchev–Trinajstić information content (AvgIpc) is 2.73. The normalized spacial score (nSPS) is 25.8. The Morgan fingerprint density at radius 1 is 1.47 bits per heavy atom. The summed E-state index contributed by atoms with van der Waals surface area (Å²) in [6, 6.07) is 7.80. The van der Waals surface area contributed by atoms with Gasteiger partial charge in [0.05, 0.1) is 23.5 Å². The maximum atomic E-state index is 10.9. The van der Waals surface area contributed by atoms with Crippen molar-refractivity contribution in [3.05, 3.63) is 24.3 Å². The number of para-hydroxylation sites is 2. The molecule has 5 heteroatoms. The quantitative estimate of drug-likeness (QED) is 0.717. The van der Waals surface area contributed by atoms with Crippen LogP contribution >= 0.6 is 0 Å². The molecule has 88 valence electrons. The molecule has 2 aliphatic rings. The second-order valence-electron chi connectivity index (χ2n) is 4.51. The molecule has 1 atom stereocenters. The molecule has 1 fully saturated rings. The lowest BCUT2D eigenvalue weighted by Gasteiger charge is -2.31. The first-order valence-corrected chi connectivity index (χ1v) is 5.59. The van der Waals surface area contributed by atoms with Crippen molar-refractivity contribution in [3.8, 4) is 0 Å². The van der Waals surface area contributed by atoms with Crippen molar-refractivity contribution in [1.29, 1.82) is 0 Å². The number of anilines is 1. The van der Waals surface area contributed by atoms with E-state index in [-0.39, 0.29) is 5.54 Å². The van der Waals surface area contributed by atoms with Crippen LogP contribution in [0.25, 0.3) is 0 Å². The van der Waals surface area contributed by atoms with E-state index >= 15 is 0 Å². The monoisotopic (exact) mass is 231 g/mol. The SMILES string of the molecule is O=C(O)N1CCC2(C=Nc3ccccc3N2)C1. The van der Waals surface area contributed by atoms with Crippen LogP contribution in [0.3, 0.4) is 0 Å². The fourth-order valence-electron chi connectivity index (χ4n) is 2.39. The van der Waals surface area contributed by atoms with Gasteiger partial charge in [0, 0.05) is 12.8 Å². The number of aliphatic imine (C=N–C) groups is 1. The molecule has 1 saturated heterocycles. The summed E-state index contributed by atoms with van der Waals surface area (Å²) in [4.78, 5) is 16.8. The predicted octanol–water partition coefficient (Wildman–Crippen LogP) is 1.94. The lowest BCUT2D eigenvalue weighted by atomic mass is 9.97. The number of nitrogens with one attached hydrogen (secondary N) is 1. The van der Waals surface area contributed by atoms with Crippen LogP contribution in [0.5, 0.6) is 0 Å². The van der Waals surface area contributed by atoms with Crippen molar-refractivity contribution in [2.45, 2.75) is 12.0 Å². The van der Waals surface area contributed by atoms with Crippen LogP contribution in [0, 0.1) is 0 Å². The molecule has 2 heterocycles. The largest absolute Gasteiger partial charge is 0.465 e. The molecule has 17 heavy (non-hydrogen) atoms. The van der Waals surface area contributed by atoms with Gasteiger partial charge in [-0.1, -0.05) is 12.1 Å². The van der Waals surface area contributed by atoms with Crippen molar-refractivity contribution in [1.82, 2.24) is 4.90 Å². The molecule has 0 aliphatic carbocycles. The number of rotatable bonds is 0. The highest BCUT2D eigenvalue weighted by Gasteiger charge is 2.40. The smallest absolute Gasteiger partial charge is 0.407 e. The van der Waals surface area contributed by atoms with E-state index in [0.717, 1.165) is 17.8 Å². The number of hydrogen-bond donors (Lipinski definition) is 2. The second kappa shape index (κ2) is 3.48. The van der Waals surface area contributed by atoms with Crippen molar-refractivity contribution in [3.63, 3.8) is 0 Å². The topological polar surface area (TPSA) is 64.9 Å². The summed E-state index contributed by atoms with van der Waals surface area (Å²) in [6.07, 6.45) is 1.74. The number of amides is 1. The highest BCUT2D eigenvalue weighted by Crippen LogP contribution is 2.34. The molecular weight excluding hydrogens is 218 g/mol. The number of likely N-dealkylation sites (tertiary alicyclic amines) is 1. The molecule has 1 amide bonds. The van der Waals surface area contributed by atoms with Crippen molar-refractivity contribution in [2.75, 3.05) is 18.4 Å². The summed E-state index contributed by atoms with van der Waals surface area (Å²) >= 11 is 0. The van der Waals surface area contributed by atoms with E-state index in [4.69, 9.17) is 5.11 Å². The Morgan fingerprint density at radius 3 is 3.06 bits per heavy atom. The first-order valence-electron chi connectivity index (χ1n) is 5.59. The van der Waals surface area contributed by atoms with E-state index in [9.17, 15) is 4.79 Å². The van der Waals surface area contributed by atoms with Crippen molar-refractivity contribution >= 4 is 23.7 Å². The number of nitrogens with zero attached hydrogens (tertiary/aromatic N) is 2. The van der Waals surface area contributed by atoms with Crippen LogP contribution < -0.4 is 5.32 Å². The van der Waals surface area contributed by atoms with Gasteiger partial charge in [-0.2, -0.15) is 0 Å². The Hall–Kier alpha value is -2.04. The fraction of sp³-hybridized carbons (Fsp3) is 0.333. The van der Waals surface area contributed by atoms with Gasteiger partial charge in [0.25, 0.3) is 0 Å². The number of fused-ring (bicyclic) bond motifs is 1. The first-order chi connectivity index (χ1) is 8.19. The van der Waals surface area contributed by atoms with Crippen LogP contribution in [-0.2, 0) is 0 Å². The van der Waals surface area contributed by atoms with Gasteiger partial charge in [-0.25, -0.2) is 4.79 Å². The van der Waals surface area contributed by atoms with Gasteiger partial charge >= 0.3 is 6.09 Å². The second-order valence-corrected chi connectivity index (χ2v) is 4.51. The van der Waals surface area contributed by atoms with Gasteiger partial charge in [-0.15, -0.1) is 0 Å². The Morgan fingerprint density at radius 2 is 2.29 bits per heavy atom. The van der Waals surface area contributed by atoms with E-state index in [0.29, 0.717) is 13.1 Å². The molecule has 3 rings (SSSR count). The van der Waals surface area contributed by atoms with Crippen molar-refractivity contribution < 1.29 is 9.90 Å². The zero-order chi connectivity index (χ0) is 11.9. The third-order valence-electron chi connectivity index (χ3n) is 3.31. The molecule has 2 N–H and O–H groups in total. The van der Waals surface area contributed by atoms with E-state index in [1.807, 2.05) is 30.5 Å². The highest BCUT2D eigenvalue weighted by molar-refractivity contribution is 5.88. The van der Waals surface area contributed by atoms with Gasteiger partial charge in [-0.3, -0.25) is 4.99 Å². The van der Waals surface area contributed by atoms with Crippen molar-refractivity contribution in [2.24, 2.45) is 4.99 Å². The van der Waals surface area contributed by atoms with E-state index < -0.39 is 6.09 Å². The fourth-order valence-corrected chi connectivity index (χ4v) is 2.39. The summed E-state index contributed by atoms with van der Waals surface area (Å²) in [6.45, 7) is 1.01. The molecule has 0 bridgehead atoms. The number of benzene rings is 1. The molecular formula is C12H13N3O2. The maximum Gasteiger partial charge on any atom is 0.407 e. The van der Waals surface area contributed by atoms with Gasteiger partial charge in [0.1, 0.15) is 0 Å². The maximum absolute atomic E-state index is 10.9. The third-order valence-corrected chi connectivity index (χ3v) is 3.31. The van der Waals surface area contributed by atoms with Gasteiger partial charge in [0.15, 0.2) is 0 Å². The highest BCUT2D eigenvalue weighted by atomic mass is 16.4. The van der Waals surface area contributed by atoms with E-state index in [1.165, 1.54) is 4.90 Å². The van der Waals surface area contributed by atoms with Crippen LogP contribution in [0.2, 0.25) is 0 Å². The van der Waals surface area contributed by atoms with Crippen LogP contribution in [0.15, 0.2) is 29.3 Å². The summed E-state index contributed by atoms with van der Waals surface area (Å²) in [7, 11) is 0. The molecule has 0 radical (unpaired) electrons. The zero-order valence-electron chi connectivity index (χ0n) is 9.26. The zero-order valence-corrected chi connectivity index (χ0v) is 9.26. The van der Waals surface area contributed by atoms with E-state index in [2.05, 4.69) is 10.3 Å². The third kappa shape index (κ3) is 1.63. The van der Waals surface area contributed by atoms with E-state index in [1.54, 1.807) is 0 Å². The van der Waals surface area contributed by atoms with Crippen LogP contribution in [-0.4, -0.2) is 40.9 Å². The Bertz CT molecular complexity index is 500. The van der Waals surface area contributed by atoms with Gasteiger partial charge < -0.3 is 15.3 Å². The minimum Gasteiger partial charge on any atom is -0.465 e.